The van der Waals surface area contributed by atoms with Crippen molar-refractivity contribution in [3.8, 4) is 5.69 Å². The lowest BCUT2D eigenvalue weighted by atomic mass is 9.88. The summed E-state index contributed by atoms with van der Waals surface area (Å²) in [6, 6.07) is 7.84. The zero-order valence-corrected chi connectivity index (χ0v) is 19.0. The highest BCUT2D eigenvalue weighted by Crippen LogP contribution is 2.40. The van der Waals surface area contributed by atoms with Gasteiger partial charge in [0.25, 0.3) is 5.91 Å². The molecule has 7 nitrogen and oxygen atoms in total. The normalized spacial score (nSPS) is 15.4. The van der Waals surface area contributed by atoms with Crippen LogP contribution in [0.1, 0.15) is 62.8 Å². The quantitative estimate of drug-likeness (QED) is 0.593. The second-order valence-electron chi connectivity index (χ2n) is 8.00. The summed E-state index contributed by atoms with van der Waals surface area (Å²) in [7, 11) is 0. The predicted molar refractivity (Wildman–Crippen MR) is 120 cm³/mol. The number of amides is 1. The molecule has 3 aromatic rings. The molecule has 1 aliphatic rings. The first-order valence-electron chi connectivity index (χ1n) is 10.5. The van der Waals surface area contributed by atoms with E-state index in [1.165, 1.54) is 11.3 Å². The van der Waals surface area contributed by atoms with Crippen LogP contribution in [-0.2, 0) is 17.6 Å². The van der Waals surface area contributed by atoms with E-state index >= 15 is 0 Å². The maximum absolute atomic E-state index is 13.1. The van der Waals surface area contributed by atoms with E-state index in [0.717, 1.165) is 41.0 Å². The molecule has 162 valence electrons. The van der Waals surface area contributed by atoms with Crippen molar-refractivity contribution in [2.75, 3.05) is 11.9 Å². The zero-order chi connectivity index (χ0) is 22.1. The number of esters is 1. The molecule has 1 N–H and O–H groups in total. The third kappa shape index (κ3) is 4.12. The van der Waals surface area contributed by atoms with Crippen molar-refractivity contribution in [3.05, 3.63) is 57.2 Å². The second-order valence-corrected chi connectivity index (χ2v) is 9.11. The Morgan fingerprint density at radius 3 is 2.71 bits per heavy atom. The van der Waals surface area contributed by atoms with Gasteiger partial charge in [-0.1, -0.05) is 29.8 Å². The predicted octanol–water partition coefficient (Wildman–Crippen LogP) is 4.50. The molecule has 1 amide bonds. The Hall–Kier alpha value is -3.00. The summed E-state index contributed by atoms with van der Waals surface area (Å²) in [5.41, 5.74) is 4.34. The number of nitrogens with one attached hydrogen (secondary N) is 1. The Morgan fingerprint density at radius 1 is 1.26 bits per heavy atom. The van der Waals surface area contributed by atoms with Crippen molar-refractivity contribution in [1.82, 2.24) is 15.0 Å². The van der Waals surface area contributed by atoms with Crippen LogP contribution in [0.4, 0.5) is 5.00 Å². The number of hydrogen-bond acceptors (Lipinski definition) is 6. The Balaban J connectivity index is 1.65. The van der Waals surface area contributed by atoms with E-state index in [1.807, 2.05) is 38.1 Å². The number of carbonyl (C=O) groups is 2. The molecule has 0 aliphatic heterocycles. The lowest BCUT2D eigenvalue weighted by Gasteiger charge is -2.18. The van der Waals surface area contributed by atoms with Gasteiger partial charge in [-0.25, -0.2) is 9.48 Å². The van der Waals surface area contributed by atoms with E-state index in [1.54, 1.807) is 11.6 Å². The fourth-order valence-corrected chi connectivity index (χ4v) is 5.28. The van der Waals surface area contributed by atoms with Gasteiger partial charge in [0, 0.05) is 4.88 Å². The van der Waals surface area contributed by atoms with E-state index in [9.17, 15) is 9.59 Å². The summed E-state index contributed by atoms with van der Waals surface area (Å²) in [5, 5.41) is 11.7. The Bertz CT molecular complexity index is 1130. The van der Waals surface area contributed by atoms with Crippen molar-refractivity contribution < 1.29 is 14.3 Å². The van der Waals surface area contributed by atoms with Crippen molar-refractivity contribution in [1.29, 1.82) is 0 Å². The van der Waals surface area contributed by atoms with Gasteiger partial charge in [0.15, 0.2) is 5.69 Å². The first-order chi connectivity index (χ1) is 14.9. The van der Waals surface area contributed by atoms with Gasteiger partial charge in [-0.2, -0.15) is 0 Å². The van der Waals surface area contributed by atoms with Gasteiger partial charge < -0.3 is 10.1 Å². The average molecular weight is 439 g/mol. The van der Waals surface area contributed by atoms with Gasteiger partial charge in [0.1, 0.15) is 5.00 Å². The number of fused-ring (bicyclic) bond motifs is 1. The van der Waals surface area contributed by atoms with Crippen LogP contribution in [0.2, 0.25) is 0 Å². The third-order valence-electron chi connectivity index (χ3n) is 5.61. The number of aromatic nitrogens is 3. The number of carbonyl (C=O) groups excluding carboxylic acids is 2. The summed E-state index contributed by atoms with van der Waals surface area (Å²) in [6.07, 6.45) is 2.75. The second kappa shape index (κ2) is 8.63. The number of thiophene rings is 1. The SMILES string of the molecule is CCOC(=O)c1c(NC(=O)c2nnn(-c3ccc(C)cc3)c2C)sc2c1CC[C@H](C)C2. The molecule has 2 aromatic heterocycles. The van der Waals surface area contributed by atoms with Gasteiger partial charge in [0.2, 0.25) is 0 Å². The van der Waals surface area contributed by atoms with E-state index in [4.69, 9.17) is 4.74 Å². The van der Waals surface area contributed by atoms with Crippen LogP contribution < -0.4 is 5.32 Å². The minimum absolute atomic E-state index is 0.232. The number of benzene rings is 1. The molecule has 1 aromatic carbocycles. The fourth-order valence-electron chi connectivity index (χ4n) is 3.89. The van der Waals surface area contributed by atoms with Gasteiger partial charge >= 0.3 is 5.97 Å². The summed E-state index contributed by atoms with van der Waals surface area (Å²) < 4.78 is 6.93. The van der Waals surface area contributed by atoms with Crippen molar-refractivity contribution in [2.45, 2.75) is 47.0 Å². The number of ether oxygens (including phenoxy) is 1. The molecule has 4 rings (SSSR count). The molecule has 0 spiro atoms. The van der Waals surface area contributed by atoms with Crippen LogP contribution in [-0.4, -0.2) is 33.5 Å². The molecular weight excluding hydrogens is 412 g/mol. The first kappa shape index (κ1) is 21.2. The largest absolute Gasteiger partial charge is 0.462 e. The topological polar surface area (TPSA) is 86.1 Å². The molecule has 0 saturated carbocycles. The molecule has 31 heavy (non-hydrogen) atoms. The number of nitrogens with zero attached hydrogens (tertiary/aromatic N) is 3. The van der Waals surface area contributed by atoms with Crippen molar-refractivity contribution in [2.24, 2.45) is 5.92 Å². The van der Waals surface area contributed by atoms with E-state index in [0.29, 0.717) is 22.2 Å². The van der Waals surface area contributed by atoms with Gasteiger partial charge in [-0.05, 0) is 63.6 Å². The van der Waals surface area contributed by atoms with E-state index in [2.05, 4.69) is 22.6 Å². The van der Waals surface area contributed by atoms with Crippen LogP contribution in [0, 0.1) is 19.8 Å². The maximum atomic E-state index is 13.1. The van der Waals surface area contributed by atoms with Gasteiger partial charge in [-0.15, -0.1) is 16.4 Å². The van der Waals surface area contributed by atoms with Gasteiger partial charge in [-0.3, -0.25) is 4.79 Å². The molecule has 0 fully saturated rings. The van der Waals surface area contributed by atoms with Crippen LogP contribution in [0.25, 0.3) is 5.69 Å². The average Bonchev–Trinajstić information content (AvgIpc) is 3.28. The zero-order valence-electron chi connectivity index (χ0n) is 18.2. The highest BCUT2D eigenvalue weighted by Gasteiger charge is 2.30. The van der Waals surface area contributed by atoms with Crippen LogP contribution in [0.3, 0.4) is 0 Å². The molecule has 1 atom stereocenters. The highest BCUT2D eigenvalue weighted by atomic mass is 32.1. The van der Waals surface area contributed by atoms with Gasteiger partial charge in [0.05, 0.1) is 23.6 Å². The molecular formula is C23H26N4O3S. The standard InChI is InChI=1S/C23H26N4O3S/c1-5-30-23(29)19-17-11-8-14(3)12-18(17)31-22(19)24-21(28)20-15(4)27(26-25-20)16-9-6-13(2)7-10-16/h6-7,9-10,14H,5,8,11-12H2,1-4H3,(H,24,28)/t14-/m0/s1. The smallest absolute Gasteiger partial charge is 0.341 e. The molecule has 1 aliphatic carbocycles. The fraction of sp³-hybridized carbons (Fsp3) is 0.391. The maximum Gasteiger partial charge on any atom is 0.341 e. The minimum atomic E-state index is -0.384. The number of aryl methyl sites for hydroxylation is 1. The van der Waals surface area contributed by atoms with Crippen molar-refractivity contribution >= 4 is 28.2 Å². The van der Waals surface area contributed by atoms with Crippen LogP contribution in [0.15, 0.2) is 24.3 Å². The summed E-state index contributed by atoms with van der Waals surface area (Å²) in [6.45, 7) is 8.10. The Kier molecular flexibility index (Phi) is 5.91. The molecule has 8 heteroatoms. The summed E-state index contributed by atoms with van der Waals surface area (Å²) >= 11 is 1.47. The lowest BCUT2D eigenvalue weighted by Crippen LogP contribution is -2.17. The molecule has 0 radical (unpaired) electrons. The summed E-state index contributed by atoms with van der Waals surface area (Å²) in [4.78, 5) is 26.9. The molecule has 0 bridgehead atoms. The summed E-state index contributed by atoms with van der Waals surface area (Å²) in [5.74, 6) is -0.209. The van der Waals surface area contributed by atoms with Crippen LogP contribution >= 0.6 is 11.3 Å². The monoisotopic (exact) mass is 438 g/mol. The van der Waals surface area contributed by atoms with Crippen molar-refractivity contribution in [3.63, 3.8) is 0 Å². The number of anilines is 1. The molecule has 0 saturated heterocycles. The molecule has 0 unspecified atom stereocenters. The first-order valence-corrected chi connectivity index (χ1v) is 11.3. The lowest BCUT2D eigenvalue weighted by molar-refractivity contribution is 0.0526. The third-order valence-corrected chi connectivity index (χ3v) is 6.78. The number of rotatable bonds is 5. The molecule has 2 heterocycles. The minimum Gasteiger partial charge on any atom is -0.462 e. The Labute approximate surface area is 185 Å². The number of hydrogen-bond donors (Lipinski definition) is 1. The van der Waals surface area contributed by atoms with Crippen LogP contribution in [0.5, 0.6) is 0 Å². The Morgan fingerprint density at radius 2 is 2.00 bits per heavy atom. The van der Waals surface area contributed by atoms with E-state index in [-0.39, 0.29) is 24.2 Å². The highest BCUT2D eigenvalue weighted by molar-refractivity contribution is 7.17. The van der Waals surface area contributed by atoms with E-state index < -0.39 is 0 Å².